The number of methoxy groups -OCH3 is 1. The summed E-state index contributed by atoms with van der Waals surface area (Å²) in [4.78, 5) is 16.4. The van der Waals surface area contributed by atoms with Crippen LogP contribution in [0.1, 0.15) is 19.3 Å². The molecule has 1 aromatic rings. The fourth-order valence-corrected chi connectivity index (χ4v) is 3.38. The SMILES string of the molecule is COc1cc(F)ccc1N1CCN(C(=O)CC2CCCN2)CC1. The van der Waals surface area contributed by atoms with Crippen LogP contribution in [0, 0.1) is 5.82 Å². The Hall–Kier alpha value is -1.82. The van der Waals surface area contributed by atoms with Crippen LogP contribution >= 0.6 is 0 Å². The van der Waals surface area contributed by atoms with Crippen LogP contribution in [0.15, 0.2) is 18.2 Å². The Balaban J connectivity index is 1.56. The van der Waals surface area contributed by atoms with Crippen LogP contribution in [0.3, 0.4) is 0 Å². The van der Waals surface area contributed by atoms with Gasteiger partial charge in [0.1, 0.15) is 11.6 Å². The van der Waals surface area contributed by atoms with E-state index in [9.17, 15) is 9.18 Å². The smallest absolute Gasteiger partial charge is 0.224 e. The predicted octanol–water partition coefficient (Wildman–Crippen LogP) is 1.62. The van der Waals surface area contributed by atoms with Crippen molar-refractivity contribution in [2.45, 2.75) is 25.3 Å². The number of carbonyl (C=O) groups excluding carboxylic acids is 1. The van der Waals surface area contributed by atoms with Gasteiger partial charge in [-0.3, -0.25) is 4.79 Å². The summed E-state index contributed by atoms with van der Waals surface area (Å²) in [6, 6.07) is 4.94. The molecule has 1 atom stereocenters. The van der Waals surface area contributed by atoms with Crippen molar-refractivity contribution in [3.05, 3.63) is 24.0 Å². The number of amides is 1. The van der Waals surface area contributed by atoms with Gasteiger partial charge in [0.15, 0.2) is 0 Å². The minimum Gasteiger partial charge on any atom is -0.494 e. The number of halogens is 1. The van der Waals surface area contributed by atoms with Gasteiger partial charge in [-0.1, -0.05) is 0 Å². The molecule has 0 aromatic heterocycles. The summed E-state index contributed by atoms with van der Waals surface area (Å²) in [6.45, 7) is 3.91. The van der Waals surface area contributed by atoms with E-state index >= 15 is 0 Å². The van der Waals surface area contributed by atoms with Gasteiger partial charge in [0, 0.05) is 44.7 Å². The highest BCUT2D eigenvalue weighted by atomic mass is 19.1. The quantitative estimate of drug-likeness (QED) is 0.915. The van der Waals surface area contributed by atoms with E-state index in [2.05, 4.69) is 10.2 Å². The van der Waals surface area contributed by atoms with Crippen molar-refractivity contribution >= 4 is 11.6 Å². The van der Waals surface area contributed by atoms with Crippen molar-refractivity contribution in [2.24, 2.45) is 0 Å². The molecule has 0 bridgehead atoms. The number of piperazine rings is 1. The first kappa shape index (κ1) is 16.1. The maximum absolute atomic E-state index is 13.3. The molecule has 0 radical (unpaired) electrons. The topological polar surface area (TPSA) is 44.8 Å². The van der Waals surface area contributed by atoms with Gasteiger partial charge in [-0.05, 0) is 31.5 Å². The van der Waals surface area contributed by atoms with Crippen LogP contribution < -0.4 is 15.0 Å². The van der Waals surface area contributed by atoms with Gasteiger partial charge in [-0.25, -0.2) is 4.39 Å². The summed E-state index contributed by atoms with van der Waals surface area (Å²) < 4.78 is 18.6. The average Bonchev–Trinajstić information content (AvgIpc) is 3.08. The molecule has 1 amide bonds. The van der Waals surface area contributed by atoms with Gasteiger partial charge in [-0.15, -0.1) is 0 Å². The molecule has 3 rings (SSSR count). The van der Waals surface area contributed by atoms with E-state index in [1.54, 1.807) is 13.2 Å². The summed E-state index contributed by atoms with van der Waals surface area (Å²) in [5.74, 6) is 0.471. The summed E-state index contributed by atoms with van der Waals surface area (Å²) in [7, 11) is 1.55. The molecule has 5 nitrogen and oxygen atoms in total. The molecule has 1 N–H and O–H groups in total. The van der Waals surface area contributed by atoms with Crippen molar-refractivity contribution in [3.8, 4) is 5.75 Å². The van der Waals surface area contributed by atoms with Crippen molar-refractivity contribution in [1.29, 1.82) is 0 Å². The number of nitrogens with one attached hydrogen (secondary N) is 1. The zero-order chi connectivity index (χ0) is 16.2. The number of carbonyl (C=O) groups is 1. The highest BCUT2D eigenvalue weighted by molar-refractivity contribution is 5.77. The number of nitrogens with zero attached hydrogens (tertiary/aromatic N) is 2. The zero-order valence-electron chi connectivity index (χ0n) is 13.6. The third-order valence-corrected chi connectivity index (χ3v) is 4.70. The summed E-state index contributed by atoms with van der Waals surface area (Å²) in [6.07, 6.45) is 2.86. The molecule has 0 saturated carbocycles. The molecule has 2 fully saturated rings. The van der Waals surface area contributed by atoms with Crippen molar-refractivity contribution < 1.29 is 13.9 Å². The van der Waals surface area contributed by atoms with Crippen molar-refractivity contribution in [1.82, 2.24) is 10.2 Å². The zero-order valence-corrected chi connectivity index (χ0v) is 13.6. The first-order valence-corrected chi connectivity index (χ1v) is 8.27. The molecule has 2 aliphatic rings. The monoisotopic (exact) mass is 321 g/mol. The first-order valence-electron chi connectivity index (χ1n) is 8.27. The third-order valence-electron chi connectivity index (χ3n) is 4.70. The summed E-state index contributed by atoms with van der Waals surface area (Å²) >= 11 is 0. The Kier molecular flexibility index (Phi) is 5.00. The molecule has 0 aliphatic carbocycles. The van der Waals surface area contributed by atoms with Crippen LogP contribution in [0.4, 0.5) is 10.1 Å². The fraction of sp³-hybridized carbons (Fsp3) is 0.588. The molecule has 0 spiro atoms. The molecule has 2 aliphatic heterocycles. The van der Waals surface area contributed by atoms with Crippen LogP contribution in [0.5, 0.6) is 5.75 Å². The van der Waals surface area contributed by atoms with Crippen LogP contribution in [-0.4, -0.2) is 56.7 Å². The average molecular weight is 321 g/mol. The standard InChI is InChI=1S/C17H24FN3O2/c1-23-16-11-13(18)4-5-15(16)20-7-9-21(10-8-20)17(22)12-14-3-2-6-19-14/h4-5,11,14,19H,2-3,6-10,12H2,1H3. The van der Waals surface area contributed by atoms with E-state index in [1.165, 1.54) is 12.1 Å². The molecule has 2 saturated heterocycles. The maximum atomic E-state index is 13.3. The molecule has 1 unspecified atom stereocenters. The Morgan fingerprint density at radius 2 is 2.13 bits per heavy atom. The lowest BCUT2D eigenvalue weighted by molar-refractivity contribution is -0.131. The minimum absolute atomic E-state index is 0.232. The van der Waals surface area contributed by atoms with E-state index in [0.717, 1.165) is 38.2 Å². The number of ether oxygens (including phenoxy) is 1. The highest BCUT2D eigenvalue weighted by Gasteiger charge is 2.25. The third kappa shape index (κ3) is 3.75. The van der Waals surface area contributed by atoms with Gasteiger partial charge in [0.05, 0.1) is 12.8 Å². The van der Waals surface area contributed by atoms with Crippen molar-refractivity contribution in [3.63, 3.8) is 0 Å². The molecule has 6 heteroatoms. The molecular formula is C17H24FN3O2. The minimum atomic E-state index is -0.302. The first-order chi connectivity index (χ1) is 11.2. The second kappa shape index (κ2) is 7.17. The van der Waals surface area contributed by atoms with Crippen LogP contribution in [0.2, 0.25) is 0 Å². The lowest BCUT2D eigenvalue weighted by atomic mass is 10.1. The normalized spacial score (nSPS) is 21.6. The number of hydrogen-bond acceptors (Lipinski definition) is 4. The number of hydrogen-bond donors (Lipinski definition) is 1. The largest absolute Gasteiger partial charge is 0.494 e. The van der Waals surface area contributed by atoms with E-state index in [1.807, 2.05) is 4.90 Å². The van der Waals surface area contributed by atoms with E-state index in [0.29, 0.717) is 31.3 Å². The fourth-order valence-electron chi connectivity index (χ4n) is 3.38. The lowest BCUT2D eigenvalue weighted by Crippen LogP contribution is -2.49. The number of rotatable bonds is 4. The van der Waals surface area contributed by atoms with Gasteiger partial charge in [0.25, 0.3) is 0 Å². The highest BCUT2D eigenvalue weighted by Crippen LogP contribution is 2.29. The van der Waals surface area contributed by atoms with Crippen LogP contribution in [-0.2, 0) is 4.79 Å². The van der Waals surface area contributed by atoms with E-state index in [-0.39, 0.29) is 11.7 Å². The number of anilines is 1. The van der Waals surface area contributed by atoms with Crippen molar-refractivity contribution in [2.75, 3.05) is 44.7 Å². The Labute approximate surface area is 136 Å². The van der Waals surface area contributed by atoms with Crippen LogP contribution in [0.25, 0.3) is 0 Å². The molecule has 1 aromatic carbocycles. The summed E-state index contributed by atoms with van der Waals surface area (Å²) in [5, 5.41) is 3.37. The van der Waals surface area contributed by atoms with E-state index in [4.69, 9.17) is 4.74 Å². The maximum Gasteiger partial charge on any atom is 0.224 e. The Morgan fingerprint density at radius 3 is 2.78 bits per heavy atom. The molecular weight excluding hydrogens is 297 g/mol. The van der Waals surface area contributed by atoms with Gasteiger partial charge in [0.2, 0.25) is 5.91 Å². The van der Waals surface area contributed by atoms with Gasteiger partial charge >= 0.3 is 0 Å². The molecule has 2 heterocycles. The second-order valence-electron chi connectivity index (χ2n) is 6.18. The van der Waals surface area contributed by atoms with Gasteiger partial charge < -0.3 is 19.9 Å². The van der Waals surface area contributed by atoms with E-state index < -0.39 is 0 Å². The van der Waals surface area contributed by atoms with Gasteiger partial charge in [-0.2, -0.15) is 0 Å². The second-order valence-corrected chi connectivity index (χ2v) is 6.18. The predicted molar refractivity (Wildman–Crippen MR) is 87.4 cm³/mol. The lowest BCUT2D eigenvalue weighted by Gasteiger charge is -2.37. The Morgan fingerprint density at radius 1 is 1.35 bits per heavy atom. The Bertz CT molecular complexity index is 553. The number of benzene rings is 1. The summed E-state index contributed by atoms with van der Waals surface area (Å²) in [5.41, 5.74) is 0.887. The molecule has 126 valence electrons. The molecule has 23 heavy (non-hydrogen) atoms.